The standard InChI is InChI=1S/C20H21N3O6S2/c1-20(2)13(18(27)29-19-10-6-4-3-5-9(10)17(26)28-19)23-15(25)12(16(23)31-20)22-14(24)11-7-30-8-21-11/h3-6,11-13,16,19,21H,7-8H2,1-2H3,(H,22,24)/t11?,12-,13+,16-,19?/m1/s1. The number of ether oxygens (including phenoxy) is 2. The number of fused-ring (bicyclic) bond motifs is 2. The van der Waals surface area contributed by atoms with Gasteiger partial charge in [0.05, 0.1) is 11.6 Å². The minimum Gasteiger partial charge on any atom is -0.419 e. The van der Waals surface area contributed by atoms with Crippen LogP contribution in [0.15, 0.2) is 24.3 Å². The number of hydrogen-bond acceptors (Lipinski definition) is 9. The molecule has 0 aliphatic carbocycles. The number of nitrogens with one attached hydrogen (secondary N) is 2. The van der Waals surface area contributed by atoms with Gasteiger partial charge in [0.1, 0.15) is 17.5 Å². The van der Waals surface area contributed by atoms with Crippen LogP contribution in [0.1, 0.15) is 36.1 Å². The highest BCUT2D eigenvalue weighted by atomic mass is 32.2. The number of hydrogen-bond donors (Lipinski definition) is 2. The average Bonchev–Trinajstić information content (AvgIpc) is 3.43. The van der Waals surface area contributed by atoms with Gasteiger partial charge in [-0.3, -0.25) is 14.9 Å². The zero-order chi connectivity index (χ0) is 21.9. The van der Waals surface area contributed by atoms with Gasteiger partial charge in [-0.15, -0.1) is 23.5 Å². The molecular weight excluding hydrogens is 442 g/mol. The Kier molecular flexibility index (Phi) is 4.94. The first-order chi connectivity index (χ1) is 14.8. The number of nitrogens with zero attached hydrogens (tertiary/aromatic N) is 1. The highest BCUT2D eigenvalue weighted by Crippen LogP contribution is 2.51. The smallest absolute Gasteiger partial charge is 0.342 e. The molecule has 11 heteroatoms. The fourth-order valence-electron chi connectivity index (χ4n) is 4.31. The van der Waals surface area contributed by atoms with Crippen molar-refractivity contribution in [1.82, 2.24) is 15.5 Å². The lowest BCUT2D eigenvalue weighted by Crippen LogP contribution is -2.71. The van der Waals surface area contributed by atoms with Crippen LogP contribution in [0.2, 0.25) is 0 Å². The SMILES string of the molecule is CC1(C)S[C@@H]2[C@H](NC(=O)C3CSCN3)C(=O)N2[C@H]1C(=O)OC1OC(=O)c2ccccc21. The maximum atomic E-state index is 13.1. The van der Waals surface area contributed by atoms with Gasteiger partial charge in [0, 0.05) is 21.9 Å². The van der Waals surface area contributed by atoms with Crippen molar-refractivity contribution in [2.24, 2.45) is 0 Å². The van der Waals surface area contributed by atoms with Gasteiger partial charge in [-0.25, -0.2) is 9.59 Å². The summed E-state index contributed by atoms with van der Waals surface area (Å²) in [5, 5.41) is 5.55. The van der Waals surface area contributed by atoms with Crippen LogP contribution in [-0.2, 0) is 23.9 Å². The number of benzene rings is 1. The molecule has 5 atom stereocenters. The molecule has 0 saturated carbocycles. The molecule has 4 aliphatic rings. The van der Waals surface area contributed by atoms with Crippen molar-refractivity contribution < 1.29 is 28.7 Å². The lowest BCUT2D eigenvalue weighted by molar-refractivity contribution is -0.180. The molecular formula is C20H21N3O6S2. The molecule has 3 fully saturated rings. The zero-order valence-corrected chi connectivity index (χ0v) is 18.5. The third-order valence-corrected chi connectivity index (χ3v) is 8.38. The first kappa shape index (κ1) is 20.7. The molecule has 31 heavy (non-hydrogen) atoms. The van der Waals surface area contributed by atoms with E-state index in [1.54, 1.807) is 36.0 Å². The summed E-state index contributed by atoms with van der Waals surface area (Å²) in [5.41, 5.74) is 0.850. The molecule has 0 aromatic heterocycles. The van der Waals surface area contributed by atoms with E-state index in [1.165, 1.54) is 16.7 Å². The molecule has 0 radical (unpaired) electrons. The summed E-state index contributed by atoms with van der Waals surface area (Å²) in [4.78, 5) is 51.9. The predicted octanol–water partition coefficient (Wildman–Crippen LogP) is 0.608. The lowest BCUT2D eigenvalue weighted by atomic mass is 9.95. The Morgan fingerprint density at radius 2 is 2.06 bits per heavy atom. The van der Waals surface area contributed by atoms with E-state index in [0.29, 0.717) is 22.8 Å². The Labute approximate surface area is 186 Å². The van der Waals surface area contributed by atoms with Gasteiger partial charge in [0.2, 0.25) is 11.8 Å². The Balaban J connectivity index is 1.29. The molecule has 9 nitrogen and oxygen atoms in total. The zero-order valence-electron chi connectivity index (χ0n) is 16.8. The van der Waals surface area contributed by atoms with Crippen LogP contribution in [0.25, 0.3) is 0 Å². The van der Waals surface area contributed by atoms with Gasteiger partial charge in [-0.1, -0.05) is 18.2 Å². The summed E-state index contributed by atoms with van der Waals surface area (Å²) in [6.07, 6.45) is -1.13. The molecule has 2 N–H and O–H groups in total. The van der Waals surface area contributed by atoms with Crippen molar-refractivity contribution in [3.8, 4) is 0 Å². The second-order valence-corrected chi connectivity index (χ2v) is 11.1. The molecule has 4 heterocycles. The fourth-order valence-corrected chi connectivity index (χ4v) is 6.88. The third-order valence-electron chi connectivity index (χ3n) is 5.87. The van der Waals surface area contributed by atoms with Crippen molar-refractivity contribution in [3.05, 3.63) is 35.4 Å². The number of amides is 2. The van der Waals surface area contributed by atoms with Gasteiger partial charge in [0.25, 0.3) is 6.29 Å². The Morgan fingerprint density at radius 3 is 2.81 bits per heavy atom. The van der Waals surface area contributed by atoms with Gasteiger partial charge in [0.15, 0.2) is 0 Å². The van der Waals surface area contributed by atoms with E-state index in [1.807, 2.05) is 13.8 Å². The highest BCUT2D eigenvalue weighted by molar-refractivity contribution is 8.01. The minimum absolute atomic E-state index is 0.207. The number of rotatable bonds is 4. The molecule has 0 bridgehead atoms. The summed E-state index contributed by atoms with van der Waals surface area (Å²) < 4.78 is 10.1. The van der Waals surface area contributed by atoms with E-state index in [-0.39, 0.29) is 23.2 Å². The van der Waals surface area contributed by atoms with E-state index in [4.69, 9.17) is 9.47 Å². The third kappa shape index (κ3) is 3.30. The van der Waals surface area contributed by atoms with Crippen molar-refractivity contribution in [2.75, 3.05) is 11.6 Å². The number of carbonyl (C=O) groups excluding carboxylic acids is 4. The van der Waals surface area contributed by atoms with E-state index >= 15 is 0 Å². The van der Waals surface area contributed by atoms with E-state index in [0.717, 1.165) is 0 Å². The topological polar surface area (TPSA) is 114 Å². The summed E-state index contributed by atoms with van der Waals surface area (Å²) in [7, 11) is 0. The monoisotopic (exact) mass is 463 g/mol. The van der Waals surface area contributed by atoms with Crippen LogP contribution in [0.4, 0.5) is 0 Å². The van der Waals surface area contributed by atoms with E-state index < -0.39 is 35.1 Å². The van der Waals surface area contributed by atoms with E-state index in [2.05, 4.69) is 10.6 Å². The first-order valence-electron chi connectivity index (χ1n) is 9.90. The van der Waals surface area contributed by atoms with Crippen LogP contribution in [-0.4, -0.2) is 68.5 Å². The molecule has 2 amide bonds. The molecule has 3 saturated heterocycles. The average molecular weight is 464 g/mol. The van der Waals surface area contributed by atoms with Crippen LogP contribution >= 0.6 is 23.5 Å². The molecule has 1 aromatic rings. The number of cyclic esters (lactones) is 1. The minimum atomic E-state index is -1.13. The fraction of sp³-hybridized carbons (Fsp3) is 0.500. The van der Waals surface area contributed by atoms with Crippen molar-refractivity contribution in [2.45, 2.75) is 48.4 Å². The summed E-state index contributed by atoms with van der Waals surface area (Å²) >= 11 is 3.08. The first-order valence-corrected chi connectivity index (χ1v) is 11.9. The highest BCUT2D eigenvalue weighted by Gasteiger charge is 2.65. The van der Waals surface area contributed by atoms with Crippen molar-refractivity contribution in [1.29, 1.82) is 0 Å². The summed E-state index contributed by atoms with van der Waals surface area (Å²) in [6.45, 7) is 3.72. The second-order valence-electron chi connectivity index (χ2n) is 8.28. The summed E-state index contributed by atoms with van der Waals surface area (Å²) in [5.74, 6) is -0.336. The maximum absolute atomic E-state index is 13.1. The maximum Gasteiger partial charge on any atom is 0.342 e. The van der Waals surface area contributed by atoms with E-state index in [9.17, 15) is 19.2 Å². The molecule has 0 spiro atoms. The van der Waals surface area contributed by atoms with Gasteiger partial charge in [-0.2, -0.15) is 0 Å². The molecule has 164 valence electrons. The van der Waals surface area contributed by atoms with Crippen molar-refractivity contribution in [3.63, 3.8) is 0 Å². The van der Waals surface area contributed by atoms with Crippen LogP contribution in [0.3, 0.4) is 0 Å². The quantitative estimate of drug-likeness (QED) is 0.490. The van der Waals surface area contributed by atoms with Gasteiger partial charge in [-0.05, 0) is 19.9 Å². The Morgan fingerprint density at radius 1 is 1.29 bits per heavy atom. The van der Waals surface area contributed by atoms with Gasteiger partial charge >= 0.3 is 11.9 Å². The molecule has 2 unspecified atom stereocenters. The number of thioether (sulfide) groups is 2. The van der Waals surface area contributed by atoms with Crippen LogP contribution < -0.4 is 10.6 Å². The lowest BCUT2D eigenvalue weighted by Gasteiger charge is -2.44. The van der Waals surface area contributed by atoms with Crippen molar-refractivity contribution >= 4 is 47.3 Å². The number of β-lactam (4-membered cyclic amide) rings is 1. The summed E-state index contributed by atoms with van der Waals surface area (Å²) in [6, 6.07) is 4.88. The van der Waals surface area contributed by atoms with Gasteiger partial charge < -0.3 is 19.7 Å². The molecule has 1 aromatic carbocycles. The van der Waals surface area contributed by atoms with Crippen LogP contribution in [0.5, 0.6) is 0 Å². The normalized spacial score (nSPS) is 32.7. The second kappa shape index (κ2) is 7.42. The molecule has 4 aliphatic heterocycles. The van der Waals surface area contributed by atoms with Crippen LogP contribution in [0, 0.1) is 0 Å². The Bertz CT molecular complexity index is 979. The molecule has 5 rings (SSSR count). The number of carbonyl (C=O) groups is 4. The largest absolute Gasteiger partial charge is 0.419 e. The number of esters is 2. The predicted molar refractivity (Wildman–Crippen MR) is 113 cm³/mol. The Hall–Kier alpha value is -2.24.